The van der Waals surface area contributed by atoms with Crippen LogP contribution >= 0.6 is 0 Å². The van der Waals surface area contributed by atoms with Crippen LogP contribution in [0.15, 0.2) is 36.5 Å². The minimum atomic E-state index is 0.821. The lowest BCUT2D eigenvalue weighted by atomic mass is 10.1. The van der Waals surface area contributed by atoms with E-state index in [1.54, 1.807) is 6.20 Å². The first kappa shape index (κ1) is 11.5. The maximum Gasteiger partial charge on any atom is 0.123 e. The second-order valence-corrected chi connectivity index (χ2v) is 4.11. The van der Waals surface area contributed by atoms with Crippen LogP contribution in [0.1, 0.15) is 12.0 Å². The summed E-state index contributed by atoms with van der Waals surface area (Å²) in [5, 5.41) is 7.45. The predicted octanol–water partition coefficient (Wildman–Crippen LogP) is 2.05. The van der Waals surface area contributed by atoms with Gasteiger partial charge in [0.15, 0.2) is 0 Å². The molecule has 2 rings (SSSR count). The molecule has 4 nitrogen and oxygen atoms in total. The van der Waals surface area contributed by atoms with Crippen LogP contribution in [-0.4, -0.2) is 16.3 Å². The highest BCUT2D eigenvalue weighted by Gasteiger charge is 1.97. The summed E-state index contributed by atoms with van der Waals surface area (Å²) in [6, 6.07) is 10.0. The number of benzene rings is 1. The fourth-order valence-electron chi connectivity index (χ4n) is 1.74. The van der Waals surface area contributed by atoms with Crippen molar-refractivity contribution >= 4 is 11.5 Å². The molecule has 0 saturated heterocycles. The molecule has 1 aromatic heterocycles. The molecule has 1 aromatic carbocycles. The summed E-state index contributed by atoms with van der Waals surface area (Å²) in [5.74, 6) is 1.06. The molecule has 0 aliphatic carbocycles. The molecule has 0 aliphatic heterocycles. The topological polar surface area (TPSA) is 55.9 Å². The molecule has 0 radical (unpaired) electrons. The summed E-state index contributed by atoms with van der Waals surface area (Å²) >= 11 is 0. The Morgan fingerprint density at radius 2 is 2.00 bits per heavy atom. The van der Waals surface area contributed by atoms with E-state index < -0.39 is 0 Å². The van der Waals surface area contributed by atoms with Gasteiger partial charge in [0.05, 0.1) is 6.20 Å². The first-order valence-electron chi connectivity index (χ1n) is 5.82. The van der Waals surface area contributed by atoms with Gasteiger partial charge >= 0.3 is 0 Å². The van der Waals surface area contributed by atoms with Crippen LogP contribution in [0.5, 0.6) is 0 Å². The summed E-state index contributed by atoms with van der Waals surface area (Å²) < 4.78 is 1.84. The Morgan fingerprint density at radius 3 is 2.65 bits per heavy atom. The van der Waals surface area contributed by atoms with Crippen LogP contribution in [0.4, 0.5) is 11.5 Å². The molecule has 2 aromatic rings. The van der Waals surface area contributed by atoms with Gasteiger partial charge in [0, 0.05) is 25.3 Å². The molecule has 0 bridgehead atoms. The van der Waals surface area contributed by atoms with Gasteiger partial charge in [-0.2, -0.15) is 5.10 Å². The molecule has 0 saturated carbocycles. The van der Waals surface area contributed by atoms with Crippen LogP contribution < -0.4 is 11.1 Å². The Labute approximate surface area is 101 Å². The Morgan fingerprint density at radius 1 is 1.24 bits per heavy atom. The van der Waals surface area contributed by atoms with Gasteiger partial charge in [-0.05, 0) is 30.5 Å². The zero-order valence-corrected chi connectivity index (χ0v) is 10.1. The monoisotopic (exact) mass is 230 g/mol. The van der Waals surface area contributed by atoms with Gasteiger partial charge in [0.2, 0.25) is 0 Å². The van der Waals surface area contributed by atoms with Gasteiger partial charge in [-0.3, -0.25) is 4.68 Å². The van der Waals surface area contributed by atoms with Gasteiger partial charge in [-0.15, -0.1) is 0 Å². The van der Waals surface area contributed by atoms with Crippen LogP contribution in [0.3, 0.4) is 0 Å². The van der Waals surface area contributed by atoms with E-state index in [-0.39, 0.29) is 0 Å². The summed E-state index contributed by atoms with van der Waals surface area (Å²) in [4.78, 5) is 0. The number of anilines is 2. The lowest BCUT2D eigenvalue weighted by molar-refractivity contribution is 0.760. The molecule has 0 aliphatic rings. The molecule has 0 amide bonds. The number of hydrogen-bond donors (Lipinski definition) is 2. The van der Waals surface area contributed by atoms with Crippen LogP contribution in [0.2, 0.25) is 0 Å². The molecule has 90 valence electrons. The van der Waals surface area contributed by atoms with Crippen molar-refractivity contribution < 1.29 is 0 Å². The number of aryl methyl sites for hydroxylation is 2. The van der Waals surface area contributed by atoms with E-state index in [1.165, 1.54) is 5.56 Å². The van der Waals surface area contributed by atoms with E-state index in [0.29, 0.717) is 0 Å². The van der Waals surface area contributed by atoms with Crippen molar-refractivity contribution in [3.8, 4) is 0 Å². The maximum absolute atomic E-state index is 5.64. The fraction of sp³-hybridized carbons (Fsp3) is 0.308. The molecule has 4 heteroatoms. The standard InChI is InChI=1S/C13H18N4/c1-17-13(8-10-16-17)15-9-2-3-11-4-6-12(14)7-5-11/h4-8,10,15H,2-3,9,14H2,1H3. The van der Waals surface area contributed by atoms with Crippen molar-refractivity contribution in [2.75, 3.05) is 17.6 Å². The van der Waals surface area contributed by atoms with E-state index in [4.69, 9.17) is 5.73 Å². The molecule has 0 unspecified atom stereocenters. The smallest absolute Gasteiger partial charge is 0.123 e. The van der Waals surface area contributed by atoms with E-state index in [2.05, 4.69) is 22.5 Å². The Balaban J connectivity index is 1.73. The second kappa shape index (κ2) is 5.39. The van der Waals surface area contributed by atoms with E-state index in [0.717, 1.165) is 30.9 Å². The maximum atomic E-state index is 5.64. The third-order valence-corrected chi connectivity index (χ3v) is 2.75. The lowest BCUT2D eigenvalue weighted by Crippen LogP contribution is -2.07. The lowest BCUT2D eigenvalue weighted by Gasteiger charge is -2.06. The normalized spacial score (nSPS) is 10.4. The van der Waals surface area contributed by atoms with Gasteiger partial charge in [0.1, 0.15) is 5.82 Å². The van der Waals surface area contributed by atoms with Gasteiger partial charge in [0.25, 0.3) is 0 Å². The fourth-order valence-corrected chi connectivity index (χ4v) is 1.74. The number of nitrogens with one attached hydrogen (secondary N) is 1. The molecular weight excluding hydrogens is 212 g/mol. The number of hydrogen-bond acceptors (Lipinski definition) is 3. The summed E-state index contributed by atoms with van der Waals surface area (Å²) in [5.41, 5.74) is 7.79. The summed E-state index contributed by atoms with van der Waals surface area (Å²) in [6.07, 6.45) is 3.95. The van der Waals surface area contributed by atoms with Crippen molar-refractivity contribution in [3.63, 3.8) is 0 Å². The van der Waals surface area contributed by atoms with Crippen molar-refractivity contribution in [3.05, 3.63) is 42.1 Å². The zero-order chi connectivity index (χ0) is 12.1. The number of nitrogen functional groups attached to an aromatic ring is 1. The van der Waals surface area contributed by atoms with E-state index >= 15 is 0 Å². The summed E-state index contributed by atoms with van der Waals surface area (Å²) in [7, 11) is 1.93. The van der Waals surface area contributed by atoms with Crippen molar-refractivity contribution in [1.29, 1.82) is 0 Å². The van der Waals surface area contributed by atoms with Crippen LogP contribution in [0.25, 0.3) is 0 Å². The van der Waals surface area contributed by atoms with E-state index in [1.807, 2.05) is 29.9 Å². The zero-order valence-electron chi connectivity index (χ0n) is 10.1. The van der Waals surface area contributed by atoms with Crippen LogP contribution in [0, 0.1) is 0 Å². The summed E-state index contributed by atoms with van der Waals surface area (Å²) in [6.45, 7) is 0.948. The quantitative estimate of drug-likeness (QED) is 0.610. The highest BCUT2D eigenvalue weighted by Crippen LogP contribution is 2.08. The predicted molar refractivity (Wildman–Crippen MR) is 70.9 cm³/mol. The number of nitrogens with two attached hydrogens (primary N) is 1. The molecule has 0 atom stereocenters. The molecule has 0 fully saturated rings. The Kier molecular flexibility index (Phi) is 3.65. The van der Waals surface area contributed by atoms with Gasteiger partial charge in [-0.1, -0.05) is 12.1 Å². The average molecular weight is 230 g/mol. The second-order valence-electron chi connectivity index (χ2n) is 4.11. The molecular formula is C13H18N4. The highest BCUT2D eigenvalue weighted by molar-refractivity contribution is 5.39. The largest absolute Gasteiger partial charge is 0.399 e. The average Bonchev–Trinajstić information content (AvgIpc) is 2.73. The van der Waals surface area contributed by atoms with Crippen molar-refractivity contribution in [2.45, 2.75) is 12.8 Å². The minimum absolute atomic E-state index is 0.821. The number of rotatable bonds is 5. The number of aromatic nitrogens is 2. The first-order chi connectivity index (χ1) is 8.25. The third kappa shape index (κ3) is 3.24. The SMILES string of the molecule is Cn1nccc1NCCCc1ccc(N)cc1. The molecule has 1 heterocycles. The van der Waals surface area contributed by atoms with Gasteiger partial charge < -0.3 is 11.1 Å². The number of nitrogens with zero attached hydrogens (tertiary/aromatic N) is 2. The molecule has 0 spiro atoms. The first-order valence-corrected chi connectivity index (χ1v) is 5.82. The Bertz CT molecular complexity index is 459. The third-order valence-electron chi connectivity index (χ3n) is 2.75. The van der Waals surface area contributed by atoms with Gasteiger partial charge in [-0.25, -0.2) is 0 Å². The van der Waals surface area contributed by atoms with Crippen LogP contribution in [-0.2, 0) is 13.5 Å². The highest BCUT2D eigenvalue weighted by atomic mass is 15.3. The van der Waals surface area contributed by atoms with E-state index in [9.17, 15) is 0 Å². The minimum Gasteiger partial charge on any atom is -0.399 e. The van der Waals surface area contributed by atoms with Crippen molar-refractivity contribution in [2.24, 2.45) is 7.05 Å². The molecule has 17 heavy (non-hydrogen) atoms. The van der Waals surface area contributed by atoms with Crippen molar-refractivity contribution in [1.82, 2.24) is 9.78 Å². The Hall–Kier alpha value is -1.97. The molecule has 3 N–H and O–H groups in total.